The molecule has 0 amide bonds. The van der Waals surface area contributed by atoms with Crippen LogP contribution in [-0.2, 0) is 5.54 Å². The Kier molecular flexibility index (Phi) is 4.02. The van der Waals surface area contributed by atoms with Crippen molar-refractivity contribution < 1.29 is 0 Å². The smallest absolute Gasteiger partial charge is 0.0441 e. The number of nitrogens with zero attached hydrogens (tertiary/aromatic N) is 1. The number of hydrogen-bond donors (Lipinski definition) is 1. The zero-order chi connectivity index (χ0) is 13.8. The molecule has 0 spiro atoms. The molecule has 1 aromatic heterocycles. The van der Waals surface area contributed by atoms with Gasteiger partial charge in [-0.15, -0.1) is 0 Å². The van der Waals surface area contributed by atoms with Crippen molar-refractivity contribution in [3.05, 3.63) is 42.2 Å². The van der Waals surface area contributed by atoms with Gasteiger partial charge in [0.15, 0.2) is 0 Å². The molecular weight excluding hydrogens is 244 g/mol. The number of hydrogen-bond acceptors (Lipinski definition) is 2. The molecule has 1 N–H and O–H groups in total. The summed E-state index contributed by atoms with van der Waals surface area (Å²) in [5.41, 5.74) is 1.60. The van der Waals surface area contributed by atoms with E-state index in [-0.39, 0.29) is 5.54 Å². The van der Waals surface area contributed by atoms with Crippen LogP contribution in [-0.4, -0.2) is 11.5 Å². The molecule has 0 saturated carbocycles. The van der Waals surface area contributed by atoms with Gasteiger partial charge in [-0.2, -0.15) is 0 Å². The third kappa shape index (κ3) is 2.45. The van der Waals surface area contributed by atoms with Crippen LogP contribution in [0.15, 0.2) is 36.7 Å². The maximum atomic E-state index is 4.36. The summed E-state index contributed by atoms with van der Waals surface area (Å²) in [5.74, 6) is 0. The fourth-order valence-electron chi connectivity index (χ4n) is 3.68. The number of fused-ring (bicyclic) bond motifs is 1. The minimum Gasteiger partial charge on any atom is -0.307 e. The van der Waals surface area contributed by atoms with E-state index in [1.807, 2.05) is 12.4 Å². The van der Waals surface area contributed by atoms with Crippen molar-refractivity contribution in [1.82, 2.24) is 10.3 Å². The van der Waals surface area contributed by atoms with Crippen LogP contribution in [0.1, 0.15) is 51.0 Å². The first-order chi connectivity index (χ1) is 9.86. The van der Waals surface area contributed by atoms with Crippen LogP contribution in [0, 0.1) is 0 Å². The average molecular weight is 268 g/mol. The first kappa shape index (κ1) is 13.6. The summed E-state index contributed by atoms with van der Waals surface area (Å²) in [5, 5.41) is 6.50. The highest BCUT2D eigenvalue weighted by Gasteiger charge is 2.32. The molecule has 1 atom stereocenters. The highest BCUT2D eigenvalue weighted by Crippen LogP contribution is 2.37. The molecule has 106 valence electrons. The zero-order valence-electron chi connectivity index (χ0n) is 12.4. The van der Waals surface area contributed by atoms with Gasteiger partial charge in [0, 0.05) is 23.3 Å². The summed E-state index contributed by atoms with van der Waals surface area (Å²) in [6, 6.07) is 8.81. The molecule has 2 aromatic rings. The zero-order valence-corrected chi connectivity index (χ0v) is 12.4. The molecule has 0 aliphatic carbocycles. The lowest BCUT2D eigenvalue weighted by molar-refractivity contribution is 0.300. The number of pyridine rings is 1. The SMILES string of the molecule is CCCC1(c2cccc3ccncc23)CCCCCN1. The van der Waals surface area contributed by atoms with E-state index in [0.29, 0.717) is 0 Å². The van der Waals surface area contributed by atoms with Crippen molar-refractivity contribution in [3.63, 3.8) is 0 Å². The van der Waals surface area contributed by atoms with Crippen LogP contribution in [0.4, 0.5) is 0 Å². The number of aromatic nitrogens is 1. The lowest BCUT2D eigenvalue weighted by Gasteiger charge is -2.35. The van der Waals surface area contributed by atoms with Gasteiger partial charge in [-0.25, -0.2) is 0 Å². The first-order valence-corrected chi connectivity index (χ1v) is 7.94. The van der Waals surface area contributed by atoms with Gasteiger partial charge >= 0.3 is 0 Å². The van der Waals surface area contributed by atoms with Crippen molar-refractivity contribution in [1.29, 1.82) is 0 Å². The highest BCUT2D eigenvalue weighted by atomic mass is 15.0. The first-order valence-electron chi connectivity index (χ1n) is 7.94. The summed E-state index contributed by atoms with van der Waals surface area (Å²) in [4.78, 5) is 4.36. The van der Waals surface area contributed by atoms with Gasteiger partial charge < -0.3 is 5.32 Å². The van der Waals surface area contributed by atoms with Crippen LogP contribution in [0.5, 0.6) is 0 Å². The van der Waals surface area contributed by atoms with Crippen LogP contribution in [0.2, 0.25) is 0 Å². The maximum absolute atomic E-state index is 4.36. The highest BCUT2D eigenvalue weighted by molar-refractivity contribution is 5.85. The van der Waals surface area contributed by atoms with Gasteiger partial charge in [0.2, 0.25) is 0 Å². The predicted molar refractivity (Wildman–Crippen MR) is 84.8 cm³/mol. The lowest BCUT2D eigenvalue weighted by atomic mass is 9.80. The van der Waals surface area contributed by atoms with E-state index in [2.05, 4.69) is 41.5 Å². The Morgan fingerprint density at radius 1 is 1.20 bits per heavy atom. The van der Waals surface area contributed by atoms with Crippen molar-refractivity contribution >= 4 is 10.8 Å². The monoisotopic (exact) mass is 268 g/mol. The van der Waals surface area contributed by atoms with E-state index in [1.165, 1.54) is 54.9 Å². The Morgan fingerprint density at radius 2 is 2.15 bits per heavy atom. The molecule has 0 bridgehead atoms. The largest absolute Gasteiger partial charge is 0.307 e. The van der Waals surface area contributed by atoms with Gasteiger partial charge in [0.1, 0.15) is 0 Å². The molecule has 3 rings (SSSR count). The number of nitrogens with one attached hydrogen (secondary N) is 1. The summed E-state index contributed by atoms with van der Waals surface area (Å²) in [6.07, 6.45) is 11.6. The molecule has 1 saturated heterocycles. The summed E-state index contributed by atoms with van der Waals surface area (Å²) < 4.78 is 0. The van der Waals surface area contributed by atoms with Gasteiger partial charge in [0.05, 0.1) is 0 Å². The molecule has 20 heavy (non-hydrogen) atoms. The lowest BCUT2D eigenvalue weighted by Crippen LogP contribution is -2.41. The van der Waals surface area contributed by atoms with Gasteiger partial charge in [-0.1, -0.05) is 44.4 Å². The standard InChI is InChI=1S/C18H24N2/c1-2-10-18(11-4-3-5-12-20-18)17-8-6-7-15-9-13-19-14-16(15)17/h6-9,13-14,20H,2-5,10-12H2,1H3. The van der Waals surface area contributed by atoms with E-state index in [0.717, 1.165) is 6.54 Å². The van der Waals surface area contributed by atoms with Crippen molar-refractivity contribution in [2.75, 3.05) is 6.54 Å². The van der Waals surface area contributed by atoms with Crippen molar-refractivity contribution in [3.8, 4) is 0 Å². The molecule has 0 radical (unpaired) electrons. The fourth-order valence-corrected chi connectivity index (χ4v) is 3.68. The van der Waals surface area contributed by atoms with E-state index in [9.17, 15) is 0 Å². The third-order valence-electron chi connectivity index (χ3n) is 4.62. The minimum atomic E-state index is 0.147. The molecule has 1 aliphatic heterocycles. The Balaban J connectivity index is 2.13. The Morgan fingerprint density at radius 3 is 3.05 bits per heavy atom. The predicted octanol–water partition coefficient (Wildman–Crippen LogP) is 4.39. The van der Waals surface area contributed by atoms with E-state index in [4.69, 9.17) is 0 Å². The third-order valence-corrected chi connectivity index (χ3v) is 4.62. The molecule has 1 aliphatic rings. The van der Waals surface area contributed by atoms with Crippen molar-refractivity contribution in [2.45, 2.75) is 51.0 Å². The van der Waals surface area contributed by atoms with E-state index < -0.39 is 0 Å². The summed E-state index contributed by atoms with van der Waals surface area (Å²) >= 11 is 0. The van der Waals surface area contributed by atoms with Crippen molar-refractivity contribution in [2.24, 2.45) is 0 Å². The van der Waals surface area contributed by atoms with Gasteiger partial charge in [-0.3, -0.25) is 4.98 Å². The minimum absolute atomic E-state index is 0.147. The molecule has 1 fully saturated rings. The maximum Gasteiger partial charge on any atom is 0.0441 e. The number of benzene rings is 1. The Labute approximate surface area is 121 Å². The molecule has 1 unspecified atom stereocenters. The summed E-state index contributed by atoms with van der Waals surface area (Å²) in [6.45, 7) is 3.42. The second-order valence-electron chi connectivity index (χ2n) is 5.97. The van der Waals surface area contributed by atoms with Crippen LogP contribution in [0.3, 0.4) is 0 Å². The van der Waals surface area contributed by atoms with Crippen LogP contribution < -0.4 is 5.32 Å². The summed E-state index contributed by atoms with van der Waals surface area (Å²) in [7, 11) is 0. The second-order valence-corrected chi connectivity index (χ2v) is 5.97. The van der Waals surface area contributed by atoms with E-state index in [1.54, 1.807) is 0 Å². The topological polar surface area (TPSA) is 24.9 Å². The molecule has 2 heterocycles. The average Bonchev–Trinajstić information content (AvgIpc) is 2.73. The quantitative estimate of drug-likeness (QED) is 0.892. The molecule has 2 heteroatoms. The van der Waals surface area contributed by atoms with Gasteiger partial charge in [0.25, 0.3) is 0 Å². The second kappa shape index (κ2) is 5.92. The Bertz CT molecular complexity index is 563. The van der Waals surface area contributed by atoms with Crippen LogP contribution >= 0.6 is 0 Å². The molecule has 2 nitrogen and oxygen atoms in total. The van der Waals surface area contributed by atoms with Crippen LogP contribution in [0.25, 0.3) is 10.8 Å². The fraction of sp³-hybridized carbons (Fsp3) is 0.500. The molecule has 1 aromatic carbocycles. The number of rotatable bonds is 3. The van der Waals surface area contributed by atoms with Gasteiger partial charge in [-0.05, 0) is 42.8 Å². The normalized spacial score (nSPS) is 23.6. The molecular formula is C18H24N2. The Hall–Kier alpha value is -1.41. The van der Waals surface area contributed by atoms with E-state index >= 15 is 0 Å².